The SMILES string of the molecule is COc1cccc2c(=O)[nH]c(CCC(=O)NCCC3CCN(C(=O)CCc4nc5c(OC)cccc5c(=O)[nH]4)CC3)nc12. The molecule has 3 heterocycles. The molecule has 1 saturated heterocycles. The second-order valence-corrected chi connectivity index (χ2v) is 10.7. The van der Waals surface area contributed by atoms with Crippen LogP contribution in [0.3, 0.4) is 0 Å². The Balaban J connectivity index is 1.03. The van der Waals surface area contributed by atoms with Crippen LogP contribution in [0.15, 0.2) is 46.0 Å². The van der Waals surface area contributed by atoms with E-state index in [2.05, 4.69) is 25.3 Å². The first-order chi connectivity index (χ1) is 20.9. The van der Waals surface area contributed by atoms with Gasteiger partial charge in [0, 0.05) is 45.3 Å². The fraction of sp³-hybridized carbons (Fsp3) is 0.419. The van der Waals surface area contributed by atoms with Crippen LogP contribution in [-0.4, -0.2) is 70.5 Å². The first kappa shape index (κ1) is 29.7. The first-order valence-electron chi connectivity index (χ1n) is 14.5. The number of methoxy groups -OCH3 is 2. The number of ether oxygens (including phenoxy) is 2. The number of amides is 2. The second-order valence-electron chi connectivity index (χ2n) is 10.7. The van der Waals surface area contributed by atoms with Gasteiger partial charge in [-0.3, -0.25) is 19.2 Å². The average Bonchev–Trinajstić information content (AvgIpc) is 3.02. The Kier molecular flexibility index (Phi) is 9.33. The van der Waals surface area contributed by atoms with E-state index in [0.29, 0.717) is 83.3 Å². The van der Waals surface area contributed by atoms with Crippen LogP contribution in [0.2, 0.25) is 0 Å². The predicted molar refractivity (Wildman–Crippen MR) is 161 cm³/mol. The molecule has 0 unspecified atom stereocenters. The maximum absolute atomic E-state index is 12.9. The Morgan fingerprint density at radius 2 is 1.40 bits per heavy atom. The second kappa shape index (κ2) is 13.5. The number of aryl methyl sites for hydroxylation is 2. The number of aromatic nitrogens is 4. The summed E-state index contributed by atoms with van der Waals surface area (Å²) in [7, 11) is 3.06. The zero-order valence-electron chi connectivity index (χ0n) is 24.4. The summed E-state index contributed by atoms with van der Waals surface area (Å²) in [6.07, 6.45) is 3.69. The third-order valence-corrected chi connectivity index (χ3v) is 7.94. The molecule has 4 aromatic rings. The molecule has 0 atom stereocenters. The number of para-hydroxylation sites is 2. The number of rotatable bonds is 11. The lowest BCUT2D eigenvalue weighted by Gasteiger charge is -2.32. The molecule has 0 bridgehead atoms. The minimum absolute atomic E-state index is 0.0347. The van der Waals surface area contributed by atoms with E-state index in [1.165, 1.54) is 14.2 Å². The van der Waals surface area contributed by atoms with Gasteiger partial charge < -0.3 is 29.7 Å². The Labute approximate surface area is 247 Å². The van der Waals surface area contributed by atoms with Crippen molar-refractivity contribution in [2.75, 3.05) is 33.9 Å². The van der Waals surface area contributed by atoms with E-state index in [1.807, 2.05) is 4.90 Å². The number of fused-ring (bicyclic) bond motifs is 2. The summed E-state index contributed by atoms with van der Waals surface area (Å²) in [5.41, 5.74) is 0.463. The number of hydrogen-bond acceptors (Lipinski definition) is 8. The van der Waals surface area contributed by atoms with Gasteiger partial charge in [-0.25, -0.2) is 9.97 Å². The van der Waals surface area contributed by atoms with Gasteiger partial charge in [-0.2, -0.15) is 0 Å². The van der Waals surface area contributed by atoms with E-state index in [4.69, 9.17) is 9.47 Å². The highest BCUT2D eigenvalue weighted by molar-refractivity contribution is 5.84. The van der Waals surface area contributed by atoms with Crippen LogP contribution in [-0.2, 0) is 22.4 Å². The van der Waals surface area contributed by atoms with Crippen LogP contribution < -0.4 is 25.9 Å². The molecule has 43 heavy (non-hydrogen) atoms. The number of aromatic amines is 2. The molecule has 3 N–H and O–H groups in total. The molecular weight excluding hydrogens is 552 g/mol. The molecular formula is C31H36N6O6. The molecule has 5 rings (SSSR count). The summed E-state index contributed by atoms with van der Waals surface area (Å²) >= 11 is 0. The normalized spacial score (nSPS) is 13.8. The fourth-order valence-electron chi connectivity index (χ4n) is 5.52. The van der Waals surface area contributed by atoms with Crippen molar-refractivity contribution in [3.8, 4) is 11.5 Å². The fourth-order valence-corrected chi connectivity index (χ4v) is 5.52. The highest BCUT2D eigenvalue weighted by atomic mass is 16.5. The van der Waals surface area contributed by atoms with Gasteiger partial charge in [-0.1, -0.05) is 12.1 Å². The zero-order chi connectivity index (χ0) is 30.3. The van der Waals surface area contributed by atoms with Crippen molar-refractivity contribution in [2.45, 2.75) is 44.9 Å². The van der Waals surface area contributed by atoms with E-state index >= 15 is 0 Å². The Bertz CT molecular complexity index is 1740. The number of nitrogens with zero attached hydrogens (tertiary/aromatic N) is 3. The highest BCUT2D eigenvalue weighted by Gasteiger charge is 2.23. The lowest BCUT2D eigenvalue weighted by atomic mass is 9.93. The highest BCUT2D eigenvalue weighted by Crippen LogP contribution is 2.23. The van der Waals surface area contributed by atoms with E-state index in [-0.39, 0.29) is 35.8 Å². The molecule has 0 spiro atoms. The number of piperidine rings is 1. The molecule has 2 aromatic heterocycles. The molecule has 2 amide bonds. The van der Waals surface area contributed by atoms with Gasteiger partial charge >= 0.3 is 0 Å². The van der Waals surface area contributed by atoms with Gasteiger partial charge in [0.25, 0.3) is 11.1 Å². The maximum atomic E-state index is 12.9. The van der Waals surface area contributed by atoms with Crippen molar-refractivity contribution in [1.29, 1.82) is 0 Å². The van der Waals surface area contributed by atoms with Crippen LogP contribution in [0, 0.1) is 5.92 Å². The van der Waals surface area contributed by atoms with Crippen molar-refractivity contribution in [1.82, 2.24) is 30.2 Å². The topological polar surface area (TPSA) is 159 Å². The summed E-state index contributed by atoms with van der Waals surface area (Å²) in [5.74, 6) is 2.29. The zero-order valence-corrected chi connectivity index (χ0v) is 24.4. The third-order valence-electron chi connectivity index (χ3n) is 7.94. The quantitative estimate of drug-likeness (QED) is 0.241. The average molecular weight is 589 g/mol. The van der Waals surface area contributed by atoms with E-state index in [0.717, 1.165) is 19.3 Å². The molecule has 12 nitrogen and oxygen atoms in total. The van der Waals surface area contributed by atoms with Gasteiger partial charge in [-0.05, 0) is 49.4 Å². The lowest BCUT2D eigenvalue weighted by Crippen LogP contribution is -2.39. The Morgan fingerprint density at radius 1 is 0.860 bits per heavy atom. The van der Waals surface area contributed by atoms with Crippen molar-refractivity contribution in [2.24, 2.45) is 5.92 Å². The first-order valence-corrected chi connectivity index (χ1v) is 14.5. The third kappa shape index (κ3) is 7.02. The molecule has 0 saturated carbocycles. The number of H-pyrrole nitrogens is 2. The molecule has 1 aliphatic heterocycles. The van der Waals surface area contributed by atoms with Crippen molar-refractivity contribution in [3.63, 3.8) is 0 Å². The number of benzene rings is 2. The largest absolute Gasteiger partial charge is 0.494 e. The number of likely N-dealkylation sites (tertiary alicyclic amines) is 1. The van der Waals surface area contributed by atoms with Crippen LogP contribution in [0.4, 0.5) is 0 Å². The van der Waals surface area contributed by atoms with Crippen LogP contribution in [0.25, 0.3) is 21.8 Å². The minimum Gasteiger partial charge on any atom is -0.494 e. The number of carbonyl (C=O) groups excluding carboxylic acids is 2. The summed E-state index contributed by atoms with van der Waals surface area (Å²) < 4.78 is 10.6. The maximum Gasteiger partial charge on any atom is 0.258 e. The van der Waals surface area contributed by atoms with Crippen LogP contribution >= 0.6 is 0 Å². The molecule has 1 aliphatic rings. The van der Waals surface area contributed by atoms with Crippen molar-refractivity contribution >= 4 is 33.6 Å². The standard InChI is InChI=1S/C31H36N6O6/c1-42-22-7-3-5-20-28(22)33-24(35-30(20)40)9-11-26(38)32-16-13-19-14-17-37(18-15-19)27(39)12-10-25-34-29-21(31(41)36-25)6-4-8-23(29)43-2/h3-8,19H,9-18H2,1-2H3,(H,32,38)(H,33,35,40)(H,34,36,41). The lowest BCUT2D eigenvalue weighted by molar-refractivity contribution is -0.132. The number of nitrogens with one attached hydrogen (secondary N) is 3. The van der Waals surface area contributed by atoms with E-state index in [9.17, 15) is 19.2 Å². The monoisotopic (exact) mass is 588 g/mol. The number of hydrogen-bond donors (Lipinski definition) is 3. The van der Waals surface area contributed by atoms with Gasteiger partial charge in [0.2, 0.25) is 11.8 Å². The summed E-state index contributed by atoms with van der Waals surface area (Å²) in [6, 6.07) is 10.4. The minimum atomic E-state index is -0.259. The molecule has 226 valence electrons. The summed E-state index contributed by atoms with van der Waals surface area (Å²) in [4.78, 5) is 66.6. The molecule has 12 heteroatoms. The summed E-state index contributed by atoms with van der Waals surface area (Å²) in [5, 5.41) is 3.86. The van der Waals surface area contributed by atoms with Gasteiger partial charge in [-0.15, -0.1) is 0 Å². The van der Waals surface area contributed by atoms with Gasteiger partial charge in [0.15, 0.2) is 0 Å². The molecule has 0 radical (unpaired) electrons. The van der Waals surface area contributed by atoms with E-state index in [1.54, 1.807) is 36.4 Å². The van der Waals surface area contributed by atoms with Crippen LogP contribution in [0.5, 0.6) is 11.5 Å². The van der Waals surface area contributed by atoms with Gasteiger partial charge in [0.05, 0.1) is 25.0 Å². The van der Waals surface area contributed by atoms with E-state index < -0.39 is 0 Å². The van der Waals surface area contributed by atoms with Gasteiger partial charge in [0.1, 0.15) is 34.2 Å². The number of carbonyl (C=O) groups is 2. The Hall–Kier alpha value is -4.74. The van der Waals surface area contributed by atoms with Crippen LogP contribution in [0.1, 0.15) is 43.8 Å². The van der Waals surface area contributed by atoms with Crippen molar-refractivity contribution < 1.29 is 19.1 Å². The summed E-state index contributed by atoms with van der Waals surface area (Å²) in [6.45, 7) is 1.88. The van der Waals surface area contributed by atoms with Crippen molar-refractivity contribution in [3.05, 3.63) is 68.8 Å². The molecule has 0 aliphatic carbocycles. The molecule has 2 aromatic carbocycles. The smallest absolute Gasteiger partial charge is 0.258 e. The Morgan fingerprint density at radius 3 is 1.93 bits per heavy atom. The predicted octanol–water partition coefficient (Wildman–Crippen LogP) is 2.49. The molecule has 1 fully saturated rings.